The van der Waals surface area contributed by atoms with Crippen LogP contribution in [0.25, 0.3) is 0 Å². The lowest BCUT2D eigenvalue weighted by atomic mass is 9.69. The molecule has 0 bridgehead atoms. The van der Waals surface area contributed by atoms with Crippen LogP contribution in [0.5, 0.6) is 5.75 Å². The molecule has 1 aromatic carbocycles. The van der Waals surface area contributed by atoms with E-state index in [1.807, 2.05) is 18.2 Å². The van der Waals surface area contributed by atoms with E-state index in [0.717, 1.165) is 49.0 Å². The van der Waals surface area contributed by atoms with Crippen molar-refractivity contribution in [3.63, 3.8) is 0 Å². The van der Waals surface area contributed by atoms with Crippen molar-refractivity contribution in [2.75, 3.05) is 7.11 Å². The second-order valence-electron chi connectivity index (χ2n) is 6.41. The predicted molar refractivity (Wildman–Crippen MR) is 80.3 cm³/mol. The van der Waals surface area contributed by atoms with Crippen LogP contribution in [0.3, 0.4) is 0 Å². The summed E-state index contributed by atoms with van der Waals surface area (Å²) in [6.07, 6.45) is 5.08. The first-order chi connectivity index (χ1) is 9.55. The number of aryl methyl sites for hydroxylation is 1. The van der Waals surface area contributed by atoms with Gasteiger partial charge in [-0.05, 0) is 69.7 Å². The van der Waals surface area contributed by atoms with Crippen molar-refractivity contribution in [1.29, 1.82) is 0 Å². The number of allylic oxidation sites excluding steroid dienone is 2. The Hall–Kier alpha value is -1.57. The summed E-state index contributed by atoms with van der Waals surface area (Å²) in [5.41, 5.74) is 4.86. The fraction of sp³-hybridized carbons (Fsp3) is 0.500. The molecule has 20 heavy (non-hydrogen) atoms. The third-order valence-corrected chi connectivity index (χ3v) is 5.08. The van der Waals surface area contributed by atoms with Crippen LogP contribution >= 0.6 is 0 Å². The van der Waals surface area contributed by atoms with E-state index in [9.17, 15) is 4.79 Å². The Bertz CT molecular complexity index is 593. The molecule has 0 radical (unpaired) electrons. The molecule has 0 heterocycles. The zero-order valence-corrected chi connectivity index (χ0v) is 12.6. The van der Waals surface area contributed by atoms with E-state index in [2.05, 4.69) is 13.8 Å². The summed E-state index contributed by atoms with van der Waals surface area (Å²) in [6.45, 7) is 4.33. The van der Waals surface area contributed by atoms with Crippen LogP contribution in [0.2, 0.25) is 0 Å². The Labute approximate surface area is 120 Å². The first kappa shape index (κ1) is 13.4. The molecule has 3 rings (SSSR count). The fourth-order valence-corrected chi connectivity index (χ4v) is 3.71. The number of ether oxygens (including phenoxy) is 1. The van der Waals surface area contributed by atoms with Gasteiger partial charge in [0.1, 0.15) is 5.75 Å². The van der Waals surface area contributed by atoms with Crippen molar-refractivity contribution in [2.45, 2.75) is 46.0 Å². The summed E-state index contributed by atoms with van der Waals surface area (Å²) < 4.78 is 5.26. The van der Waals surface area contributed by atoms with E-state index in [-0.39, 0.29) is 5.41 Å². The van der Waals surface area contributed by atoms with Crippen LogP contribution in [0, 0.1) is 5.41 Å². The van der Waals surface area contributed by atoms with Gasteiger partial charge in [0.25, 0.3) is 0 Å². The highest BCUT2D eigenvalue weighted by Crippen LogP contribution is 2.50. The first-order valence-corrected chi connectivity index (χ1v) is 7.43. The van der Waals surface area contributed by atoms with Gasteiger partial charge >= 0.3 is 0 Å². The SMILES string of the molecule is COc1ccc2c(c1)CC[C@@]1(CCC(=C(C)C)C1)C2=O. The lowest BCUT2D eigenvalue weighted by Gasteiger charge is -2.33. The van der Waals surface area contributed by atoms with Gasteiger partial charge in [-0.1, -0.05) is 11.1 Å². The van der Waals surface area contributed by atoms with Gasteiger partial charge in [-0.2, -0.15) is 0 Å². The maximum absolute atomic E-state index is 12.9. The van der Waals surface area contributed by atoms with Crippen LogP contribution in [-0.2, 0) is 6.42 Å². The average Bonchev–Trinajstić information content (AvgIpc) is 2.89. The monoisotopic (exact) mass is 270 g/mol. The molecule has 106 valence electrons. The zero-order valence-electron chi connectivity index (χ0n) is 12.6. The molecule has 1 atom stereocenters. The van der Waals surface area contributed by atoms with Gasteiger partial charge in [-0.25, -0.2) is 0 Å². The van der Waals surface area contributed by atoms with Crippen molar-refractivity contribution in [1.82, 2.24) is 0 Å². The molecule has 0 N–H and O–H groups in total. The highest BCUT2D eigenvalue weighted by molar-refractivity contribution is 6.03. The summed E-state index contributed by atoms with van der Waals surface area (Å²) in [6, 6.07) is 5.89. The molecule has 0 unspecified atom stereocenters. The highest BCUT2D eigenvalue weighted by atomic mass is 16.5. The molecule has 0 amide bonds. The molecule has 0 aliphatic heterocycles. The molecule has 2 heteroatoms. The largest absolute Gasteiger partial charge is 0.497 e. The molecule has 1 aromatic rings. The van der Waals surface area contributed by atoms with E-state index < -0.39 is 0 Å². The highest BCUT2D eigenvalue weighted by Gasteiger charge is 2.46. The standard InChI is InChI=1S/C18H22O2/c1-12(2)14-7-9-18(11-14)8-6-13-10-15(20-3)4-5-16(13)17(18)19/h4-5,10H,6-9,11H2,1-3H3/t18-/m0/s1. The van der Waals surface area contributed by atoms with E-state index in [1.165, 1.54) is 11.1 Å². The van der Waals surface area contributed by atoms with Gasteiger partial charge in [-0.15, -0.1) is 0 Å². The summed E-state index contributed by atoms with van der Waals surface area (Å²) in [4.78, 5) is 12.9. The number of carbonyl (C=O) groups is 1. The topological polar surface area (TPSA) is 26.3 Å². The number of Topliss-reactive ketones (excluding diaryl/α,β-unsaturated/α-hetero) is 1. The molecule has 2 aliphatic carbocycles. The second-order valence-corrected chi connectivity index (χ2v) is 6.41. The van der Waals surface area contributed by atoms with Gasteiger partial charge in [0.15, 0.2) is 5.78 Å². The minimum atomic E-state index is -0.117. The van der Waals surface area contributed by atoms with Crippen LogP contribution in [0.1, 0.15) is 55.5 Å². The molecule has 1 saturated carbocycles. The molecule has 1 fully saturated rings. The van der Waals surface area contributed by atoms with Gasteiger partial charge in [0, 0.05) is 11.0 Å². The lowest BCUT2D eigenvalue weighted by molar-refractivity contribution is 0.0770. The van der Waals surface area contributed by atoms with Crippen molar-refractivity contribution in [3.05, 3.63) is 40.5 Å². The number of rotatable bonds is 1. The van der Waals surface area contributed by atoms with Gasteiger partial charge in [0.2, 0.25) is 0 Å². The van der Waals surface area contributed by atoms with E-state index in [0.29, 0.717) is 5.78 Å². The Morgan fingerprint density at radius 1 is 1.20 bits per heavy atom. The number of ketones is 1. The van der Waals surface area contributed by atoms with E-state index in [1.54, 1.807) is 7.11 Å². The number of fused-ring (bicyclic) bond motifs is 1. The lowest BCUT2D eigenvalue weighted by Crippen LogP contribution is -2.33. The van der Waals surface area contributed by atoms with Gasteiger partial charge < -0.3 is 4.74 Å². The molecule has 2 aliphatic rings. The molecule has 2 nitrogen and oxygen atoms in total. The summed E-state index contributed by atoms with van der Waals surface area (Å²) in [5, 5.41) is 0. The Balaban J connectivity index is 1.96. The Kier molecular flexibility index (Phi) is 3.19. The van der Waals surface area contributed by atoms with Crippen LogP contribution in [0.15, 0.2) is 29.3 Å². The van der Waals surface area contributed by atoms with E-state index >= 15 is 0 Å². The Morgan fingerprint density at radius 2 is 1.95 bits per heavy atom. The van der Waals surface area contributed by atoms with Gasteiger partial charge in [0.05, 0.1) is 7.11 Å². The smallest absolute Gasteiger partial charge is 0.169 e. The predicted octanol–water partition coefficient (Wildman–Crippen LogP) is 4.33. The normalized spacial score (nSPS) is 24.9. The van der Waals surface area contributed by atoms with Crippen molar-refractivity contribution < 1.29 is 9.53 Å². The number of hydrogen-bond donors (Lipinski definition) is 0. The molecular formula is C18H22O2. The van der Waals surface area contributed by atoms with Crippen molar-refractivity contribution in [3.8, 4) is 5.75 Å². The summed E-state index contributed by atoms with van der Waals surface area (Å²) in [7, 11) is 1.67. The maximum Gasteiger partial charge on any atom is 0.169 e. The molecule has 0 saturated heterocycles. The minimum absolute atomic E-state index is 0.117. The van der Waals surface area contributed by atoms with Gasteiger partial charge in [-0.3, -0.25) is 4.79 Å². The zero-order chi connectivity index (χ0) is 14.3. The molecule has 0 aromatic heterocycles. The maximum atomic E-state index is 12.9. The van der Waals surface area contributed by atoms with E-state index in [4.69, 9.17) is 4.74 Å². The second kappa shape index (κ2) is 4.76. The van der Waals surface area contributed by atoms with Crippen LogP contribution in [0.4, 0.5) is 0 Å². The fourth-order valence-electron chi connectivity index (χ4n) is 3.71. The molecular weight excluding hydrogens is 248 g/mol. The number of benzene rings is 1. The third kappa shape index (κ3) is 1.98. The van der Waals surface area contributed by atoms with Crippen LogP contribution < -0.4 is 4.74 Å². The number of carbonyl (C=O) groups excluding carboxylic acids is 1. The Morgan fingerprint density at radius 3 is 2.60 bits per heavy atom. The van der Waals surface area contributed by atoms with Crippen molar-refractivity contribution >= 4 is 5.78 Å². The summed E-state index contributed by atoms with van der Waals surface area (Å²) in [5.74, 6) is 1.21. The number of hydrogen-bond acceptors (Lipinski definition) is 2. The third-order valence-electron chi connectivity index (χ3n) is 5.08. The molecule has 1 spiro atoms. The number of methoxy groups -OCH3 is 1. The first-order valence-electron chi connectivity index (χ1n) is 7.43. The summed E-state index contributed by atoms with van der Waals surface area (Å²) >= 11 is 0. The minimum Gasteiger partial charge on any atom is -0.497 e. The van der Waals surface area contributed by atoms with Crippen molar-refractivity contribution in [2.24, 2.45) is 5.41 Å². The van der Waals surface area contributed by atoms with Crippen LogP contribution in [-0.4, -0.2) is 12.9 Å². The quantitative estimate of drug-likeness (QED) is 0.710. The average molecular weight is 270 g/mol.